The van der Waals surface area contributed by atoms with Crippen molar-refractivity contribution in [1.82, 2.24) is 0 Å². The van der Waals surface area contributed by atoms with E-state index in [4.69, 9.17) is 4.74 Å². The van der Waals surface area contributed by atoms with Crippen molar-refractivity contribution in [2.24, 2.45) is 7.05 Å². The molecule has 0 atom stereocenters. The van der Waals surface area contributed by atoms with Crippen LogP contribution in [0.5, 0.6) is 5.88 Å². The zero-order valence-electron chi connectivity index (χ0n) is 8.07. The van der Waals surface area contributed by atoms with Gasteiger partial charge in [-0.2, -0.15) is 4.57 Å². The quantitative estimate of drug-likeness (QED) is 0.630. The lowest BCUT2D eigenvalue weighted by atomic mass is 10.3. The first kappa shape index (κ1) is 8.54. The van der Waals surface area contributed by atoms with Crippen LogP contribution in [0.2, 0.25) is 0 Å². The summed E-state index contributed by atoms with van der Waals surface area (Å²) in [5.41, 5.74) is 0. The van der Waals surface area contributed by atoms with Gasteiger partial charge in [-0.1, -0.05) is 0 Å². The van der Waals surface area contributed by atoms with Gasteiger partial charge in [0.1, 0.15) is 13.2 Å². The van der Waals surface area contributed by atoms with Crippen molar-refractivity contribution in [3.63, 3.8) is 0 Å². The van der Waals surface area contributed by atoms with E-state index in [1.54, 1.807) is 0 Å². The first-order chi connectivity index (χ1) is 6.36. The van der Waals surface area contributed by atoms with Gasteiger partial charge >= 0.3 is 5.88 Å². The molecule has 2 rings (SSSR count). The highest BCUT2D eigenvalue weighted by Crippen LogP contribution is 2.21. The van der Waals surface area contributed by atoms with E-state index < -0.39 is 0 Å². The van der Waals surface area contributed by atoms with Crippen LogP contribution in [0, 0.1) is 0 Å². The number of rotatable bonds is 2. The van der Waals surface area contributed by atoms with Gasteiger partial charge in [0.2, 0.25) is 0 Å². The van der Waals surface area contributed by atoms with Crippen molar-refractivity contribution in [2.45, 2.75) is 31.8 Å². The van der Waals surface area contributed by atoms with Crippen LogP contribution in [0.15, 0.2) is 24.4 Å². The highest BCUT2D eigenvalue weighted by atomic mass is 16.5. The second-order valence-corrected chi connectivity index (χ2v) is 3.67. The van der Waals surface area contributed by atoms with Crippen LogP contribution in [-0.2, 0) is 7.05 Å². The molecule has 0 N–H and O–H groups in total. The van der Waals surface area contributed by atoms with Crippen molar-refractivity contribution in [1.29, 1.82) is 0 Å². The van der Waals surface area contributed by atoms with E-state index in [1.165, 1.54) is 25.7 Å². The van der Waals surface area contributed by atoms with Crippen molar-refractivity contribution < 1.29 is 9.30 Å². The van der Waals surface area contributed by atoms with Gasteiger partial charge in [-0.25, -0.2) is 0 Å². The molecule has 1 aromatic rings. The third-order valence-corrected chi connectivity index (χ3v) is 2.60. The summed E-state index contributed by atoms with van der Waals surface area (Å²) in [6.45, 7) is 0. The Morgan fingerprint density at radius 1 is 1.31 bits per heavy atom. The Balaban J connectivity index is 2.04. The number of aryl methyl sites for hydroxylation is 1. The van der Waals surface area contributed by atoms with E-state index in [-0.39, 0.29) is 0 Å². The summed E-state index contributed by atoms with van der Waals surface area (Å²) in [6, 6.07) is 6.06. The van der Waals surface area contributed by atoms with E-state index in [0.29, 0.717) is 6.10 Å². The number of hydrogen-bond acceptors (Lipinski definition) is 1. The average molecular weight is 178 g/mol. The maximum atomic E-state index is 5.87. The molecule has 0 aliphatic heterocycles. The Morgan fingerprint density at radius 2 is 2.08 bits per heavy atom. The van der Waals surface area contributed by atoms with E-state index in [1.807, 2.05) is 36.0 Å². The molecule has 1 aliphatic rings. The lowest BCUT2D eigenvalue weighted by Crippen LogP contribution is -2.32. The van der Waals surface area contributed by atoms with Gasteiger partial charge in [-0.15, -0.1) is 0 Å². The summed E-state index contributed by atoms with van der Waals surface area (Å²) in [7, 11) is 2.02. The first-order valence-corrected chi connectivity index (χ1v) is 4.97. The lowest BCUT2D eigenvalue weighted by molar-refractivity contribution is -0.677. The van der Waals surface area contributed by atoms with Gasteiger partial charge in [0, 0.05) is 6.07 Å². The van der Waals surface area contributed by atoms with E-state index >= 15 is 0 Å². The predicted molar refractivity (Wildman–Crippen MR) is 50.5 cm³/mol. The summed E-state index contributed by atoms with van der Waals surface area (Å²) in [5, 5.41) is 0. The van der Waals surface area contributed by atoms with Gasteiger partial charge < -0.3 is 4.74 Å². The molecular formula is C11H16NO+. The standard InChI is InChI=1S/C11H16NO/c1-12-9-5-4-8-11(12)13-10-6-2-3-7-10/h4-5,8-10H,2-3,6-7H2,1H3/q+1. The summed E-state index contributed by atoms with van der Waals surface area (Å²) in [5.74, 6) is 0.981. The Kier molecular flexibility index (Phi) is 2.48. The minimum Gasteiger partial charge on any atom is -0.441 e. The van der Waals surface area contributed by atoms with Gasteiger partial charge in [0.05, 0.1) is 6.07 Å². The molecule has 0 saturated heterocycles. The van der Waals surface area contributed by atoms with Crippen molar-refractivity contribution in [2.75, 3.05) is 0 Å². The molecule has 1 heterocycles. The highest BCUT2D eigenvalue weighted by Gasteiger charge is 2.19. The molecule has 0 spiro atoms. The minimum atomic E-state index is 0.452. The van der Waals surface area contributed by atoms with E-state index in [0.717, 1.165) is 5.88 Å². The van der Waals surface area contributed by atoms with Crippen molar-refractivity contribution in [3.8, 4) is 5.88 Å². The average Bonchev–Trinajstić information content (AvgIpc) is 2.61. The zero-order chi connectivity index (χ0) is 9.10. The highest BCUT2D eigenvalue weighted by molar-refractivity contribution is 5.03. The second kappa shape index (κ2) is 3.77. The summed E-state index contributed by atoms with van der Waals surface area (Å²) in [4.78, 5) is 0. The Bertz CT molecular complexity index is 279. The molecular weight excluding hydrogens is 162 g/mol. The Hall–Kier alpha value is -1.05. The maximum Gasteiger partial charge on any atom is 0.367 e. The van der Waals surface area contributed by atoms with Crippen LogP contribution < -0.4 is 9.30 Å². The molecule has 70 valence electrons. The number of hydrogen-bond donors (Lipinski definition) is 0. The SMILES string of the molecule is C[n+]1ccccc1OC1CCCC1. The topological polar surface area (TPSA) is 13.1 Å². The monoisotopic (exact) mass is 178 g/mol. The molecule has 2 heteroatoms. The number of nitrogens with zero attached hydrogens (tertiary/aromatic N) is 1. The Labute approximate surface area is 79.2 Å². The van der Waals surface area contributed by atoms with Crippen LogP contribution >= 0.6 is 0 Å². The normalized spacial score (nSPS) is 17.6. The zero-order valence-corrected chi connectivity index (χ0v) is 8.07. The minimum absolute atomic E-state index is 0.452. The van der Waals surface area contributed by atoms with Crippen molar-refractivity contribution >= 4 is 0 Å². The lowest BCUT2D eigenvalue weighted by Gasteiger charge is -2.09. The van der Waals surface area contributed by atoms with Crippen LogP contribution in [0.3, 0.4) is 0 Å². The summed E-state index contributed by atoms with van der Waals surface area (Å²) >= 11 is 0. The molecule has 1 aromatic heterocycles. The van der Waals surface area contributed by atoms with E-state index in [9.17, 15) is 0 Å². The van der Waals surface area contributed by atoms with Crippen molar-refractivity contribution in [3.05, 3.63) is 24.4 Å². The second-order valence-electron chi connectivity index (χ2n) is 3.67. The van der Waals surface area contributed by atoms with Gasteiger partial charge in [0.25, 0.3) is 0 Å². The van der Waals surface area contributed by atoms with Crippen LogP contribution in [0.25, 0.3) is 0 Å². The smallest absolute Gasteiger partial charge is 0.367 e. The molecule has 1 fully saturated rings. The van der Waals surface area contributed by atoms with Crippen LogP contribution in [0.1, 0.15) is 25.7 Å². The molecule has 1 saturated carbocycles. The predicted octanol–water partition coefficient (Wildman–Crippen LogP) is 1.83. The molecule has 0 unspecified atom stereocenters. The molecule has 0 radical (unpaired) electrons. The molecule has 1 aliphatic carbocycles. The maximum absolute atomic E-state index is 5.87. The fourth-order valence-corrected chi connectivity index (χ4v) is 1.81. The summed E-state index contributed by atoms with van der Waals surface area (Å²) < 4.78 is 7.90. The molecule has 13 heavy (non-hydrogen) atoms. The van der Waals surface area contributed by atoms with Crippen LogP contribution in [0.4, 0.5) is 0 Å². The van der Waals surface area contributed by atoms with Gasteiger partial charge in [0.15, 0.2) is 6.20 Å². The third-order valence-electron chi connectivity index (χ3n) is 2.60. The van der Waals surface area contributed by atoms with Gasteiger partial charge in [-0.3, -0.25) is 0 Å². The number of ether oxygens (including phenoxy) is 1. The molecule has 0 bridgehead atoms. The van der Waals surface area contributed by atoms with E-state index in [2.05, 4.69) is 0 Å². The third kappa shape index (κ3) is 2.00. The van der Waals surface area contributed by atoms with Crippen LogP contribution in [-0.4, -0.2) is 6.10 Å². The molecule has 2 nitrogen and oxygen atoms in total. The molecule has 0 amide bonds. The first-order valence-electron chi connectivity index (χ1n) is 4.97. The largest absolute Gasteiger partial charge is 0.441 e. The summed E-state index contributed by atoms with van der Waals surface area (Å²) in [6.07, 6.45) is 7.55. The fourth-order valence-electron chi connectivity index (χ4n) is 1.81. The fraction of sp³-hybridized carbons (Fsp3) is 0.545. The number of pyridine rings is 1. The molecule has 0 aromatic carbocycles. The van der Waals surface area contributed by atoms with Gasteiger partial charge in [-0.05, 0) is 31.7 Å². The Morgan fingerprint density at radius 3 is 2.77 bits per heavy atom. The number of aromatic nitrogens is 1.